The van der Waals surface area contributed by atoms with Crippen molar-refractivity contribution >= 4 is 31.0 Å². The Morgan fingerprint density at radius 2 is 1.42 bits per heavy atom. The van der Waals surface area contributed by atoms with E-state index in [9.17, 15) is 9.59 Å². The van der Waals surface area contributed by atoms with Gasteiger partial charge in [-0.25, -0.2) is 0 Å². The molecular weight excluding hydrogens is 340 g/mol. The van der Waals surface area contributed by atoms with Crippen LogP contribution in [0.2, 0.25) is 12.1 Å². The fraction of sp³-hybridized carbons (Fsp3) is 0.364. The Hall–Kier alpha value is -2.20. The molecule has 0 radical (unpaired) electrons. The third-order valence-corrected chi connectivity index (χ3v) is 11.4. The minimum Gasteiger partial charge on any atom is -0.497 e. The zero-order chi connectivity index (χ0) is 18.6. The predicted molar refractivity (Wildman–Crippen MR) is 107 cm³/mol. The van der Waals surface area contributed by atoms with Crippen LogP contribution >= 0.6 is 0 Å². The minimum absolute atomic E-state index is 0.220. The van der Waals surface area contributed by atoms with Gasteiger partial charge in [0.05, 0.1) is 7.11 Å². The molecule has 0 aliphatic heterocycles. The average Bonchev–Trinajstić information content (AvgIpc) is 2.73. The third kappa shape index (κ3) is 3.51. The summed E-state index contributed by atoms with van der Waals surface area (Å²) in [6, 6.07) is 16.6. The molecule has 26 heavy (non-hydrogen) atoms. The summed E-state index contributed by atoms with van der Waals surface area (Å²) in [5.41, 5.74) is 1.30. The highest BCUT2D eigenvalue weighted by atomic mass is 28.3. The maximum absolute atomic E-state index is 11.2. The number of ether oxygens (including phenoxy) is 1. The molecule has 0 aromatic heterocycles. The van der Waals surface area contributed by atoms with Crippen LogP contribution < -0.4 is 15.1 Å². The van der Waals surface area contributed by atoms with Gasteiger partial charge in [0, 0.05) is 11.5 Å². The van der Waals surface area contributed by atoms with E-state index in [1.165, 1.54) is 10.4 Å². The SMILES string of the molecule is COc1ccc([Si@](C)(c2ccc(C=O)cc2)C2CCC(C=O)CC2)cc1. The number of carbonyl (C=O) groups is 2. The van der Waals surface area contributed by atoms with Crippen LogP contribution in [-0.4, -0.2) is 27.8 Å². The standard InChI is InChI=1S/C22H26O3Si/c1-25-19-7-13-22(14-8-19)26(2,20-9-3-17(15-23)4-10-20)21-11-5-18(16-24)6-12-21/h3-4,7-10,13-16,18,21H,5-6,11-12H2,1-2H3/t18?,21?,26-/m1/s1. The molecule has 0 unspecified atom stereocenters. The molecule has 3 rings (SSSR count). The van der Waals surface area contributed by atoms with E-state index in [2.05, 4.69) is 30.8 Å². The predicted octanol–water partition coefficient (Wildman–Crippen LogP) is 3.46. The molecule has 136 valence electrons. The summed E-state index contributed by atoms with van der Waals surface area (Å²) in [6.07, 6.45) is 6.17. The Bertz CT molecular complexity index is 746. The lowest BCUT2D eigenvalue weighted by atomic mass is 9.90. The van der Waals surface area contributed by atoms with E-state index in [-0.39, 0.29) is 5.92 Å². The van der Waals surface area contributed by atoms with Gasteiger partial charge in [0.2, 0.25) is 0 Å². The minimum atomic E-state index is -2.00. The first-order valence-electron chi connectivity index (χ1n) is 9.27. The van der Waals surface area contributed by atoms with E-state index in [4.69, 9.17) is 4.74 Å². The van der Waals surface area contributed by atoms with Crippen molar-refractivity contribution in [2.45, 2.75) is 37.8 Å². The largest absolute Gasteiger partial charge is 0.497 e. The molecular formula is C22H26O3Si. The Morgan fingerprint density at radius 3 is 1.88 bits per heavy atom. The second-order valence-corrected chi connectivity index (χ2v) is 11.8. The number of methoxy groups -OCH3 is 1. The zero-order valence-electron chi connectivity index (χ0n) is 15.5. The third-order valence-electron chi connectivity index (χ3n) is 6.12. The van der Waals surface area contributed by atoms with E-state index in [1.54, 1.807) is 7.11 Å². The average molecular weight is 367 g/mol. The van der Waals surface area contributed by atoms with Crippen LogP contribution in [0.5, 0.6) is 5.75 Å². The molecule has 1 aliphatic carbocycles. The summed E-state index contributed by atoms with van der Waals surface area (Å²) in [7, 11) is -0.317. The number of carbonyl (C=O) groups excluding carboxylic acids is 2. The summed E-state index contributed by atoms with van der Waals surface area (Å²) in [5.74, 6) is 1.09. The number of benzene rings is 2. The lowest BCUT2D eigenvalue weighted by molar-refractivity contribution is -0.111. The van der Waals surface area contributed by atoms with E-state index < -0.39 is 8.07 Å². The summed E-state index contributed by atoms with van der Waals surface area (Å²) in [5, 5.41) is 2.73. The van der Waals surface area contributed by atoms with Gasteiger partial charge in [-0.1, -0.05) is 66.2 Å². The highest BCUT2D eigenvalue weighted by Crippen LogP contribution is 2.38. The van der Waals surface area contributed by atoms with Crippen LogP contribution in [0.25, 0.3) is 0 Å². The van der Waals surface area contributed by atoms with Crippen LogP contribution in [0.15, 0.2) is 48.5 Å². The topological polar surface area (TPSA) is 43.4 Å². The second kappa shape index (κ2) is 8.00. The van der Waals surface area contributed by atoms with Crippen LogP contribution in [0.3, 0.4) is 0 Å². The molecule has 1 fully saturated rings. The molecule has 1 saturated carbocycles. The summed E-state index contributed by atoms with van der Waals surface area (Å²) < 4.78 is 5.33. The Balaban J connectivity index is 2.01. The van der Waals surface area contributed by atoms with Gasteiger partial charge in [0.1, 0.15) is 26.4 Å². The molecule has 0 amide bonds. The molecule has 2 aromatic carbocycles. The Kier molecular flexibility index (Phi) is 5.72. The van der Waals surface area contributed by atoms with Gasteiger partial charge in [-0.15, -0.1) is 0 Å². The fourth-order valence-electron chi connectivity index (χ4n) is 4.32. The van der Waals surface area contributed by atoms with Gasteiger partial charge in [0.15, 0.2) is 0 Å². The Morgan fingerprint density at radius 1 is 0.885 bits per heavy atom. The van der Waals surface area contributed by atoms with Gasteiger partial charge in [-0.05, 0) is 30.5 Å². The van der Waals surface area contributed by atoms with Crippen LogP contribution in [0.4, 0.5) is 0 Å². The first-order chi connectivity index (χ1) is 12.6. The molecule has 1 atom stereocenters. The monoisotopic (exact) mass is 366 g/mol. The maximum Gasteiger partial charge on any atom is 0.150 e. The lowest BCUT2D eigenvalue weighted by Gasteiger charge is -2.40. The van der Waals surface area contributed by atoms with Crippen molar-refractivity contribution in [2.24, 2.45) is 5.92 Å². The normalized spacial score (nSPS) is 22.2. The molecule has 0 spiro atoms. The highest BCUT2D eigenvalue weighted by molar-refractivity contribution is 7.02. The number of hydrogen-bond acceptors (Lipinski definition) is 3. The zero-order valence-corrected chi connectivity index (χ0v) is 16.5. The van der Waals surface area contributed by atoms with Gasteiger partial charge in [0.25, 0.3) is 0 Å². The van der Waals surface area contributed by atoms with Crippen molar-refractivity contribution in [3.63, 3.8) is 0 Å². The molecule has 0 N–H and O–H groups in total. The van der Waals surface area contributed by atoms with Gasteiger partial charge in [-0.3, -0.25) is 4.79 Å². The molecule has 1 aliphatic rings. The molecule has 0 heterocycles. The smallest absolute Gasteiger partial charge is 0.150 e. The van der Waals surface area contributed by atoms with Crippen molar-refractivity contribution in [1.29, 1.82) is 0 Å². The molecule has 3 nitrogen and oxygen atoms in total. The first kappa shape index (κ1) is 18.6. The van der Waals surface area contributed by atoms with E-state index in [1.807, 2.05) is 24.3 Å². The summed E-state index contributed by atoms with van der Waals surface area (Å²) >= 11 is 0. The van der Waals surface area contributed by atoms with E-state index in [0.29, 0.717) is 11.1 Å². The quantitative estimate of drug-likeness (QED) is 0.581. The molecule has 2 aromatic rings. The molecule has 0 saturated heterocycles. The van der Waals surface area contributed by atoms with Crippen molar-refractivity contribution in [3.8, 4) is 5.75 Å². The first-order valence-corrected chi connectivity index (χ1v) is 11.8. The maximum atomic E-state index is 11.2. The molecule has 4 heteroatoms. The number of rotatable bonds is 6. The summed E-state index contributed by atoms with van der Waals surface area (Å²) in [4.78, 5) is 22.2. The van der Waals surface area contributed by atoms with Crippen molar-refractivity contribution in [3.05, 3.63) is 54.1 Å². The van der Waals surface area contributed by atoms with E-state index in [0.717, 1.165) is 44.0 Å². The lowest BCUT2D eigenvalue weighted by Crippen LogP contribution is -2.59. The van der Waals surface area contributed by atoms with Gasteiger partial charge >= 0.3 is 0 Å². The van der Waals surface area contributed by atoms with Gasteiger partial charge < -0.3 is 9.53 Å². The van der Waals surface area contributed by atoms with Crippen LogP contribution in [-0.2, 0) is 4.79 Å². The second-order valence-electron chi connectivity index (χ2n) is 7.42. The fourth-order valence-corrected chi connectivity index (χ4v) is 8.80. The highest BCUT2D eigenvalue weighted by Gasteiger charge is 2.41. The molecule has 0 bridgehead atoms. The van der Waals surface area contributed by atoms with Crippen molar-refractivity contribution in [2.75, 3.05) is 7.11 Å². The Labute approximate surface area is 156 Å². The van der Waals surface area contributed by atoms with Crippen molar-refractivity contribution in [1.82, 2.24) is 0 Å². The van der Waals surface area contributed by atoms with Crippen LogP contribution in [0, 0.1) is 5.92 Å². The van der Waals surface area contributed by atoms with Crippen LogP contribution in [0.1, 0.15) is 36.0 Å². The number of aldehydes is 2. The number of hydrogen-bond donors (Lipinski definition) is 0. The van der Waals surface area contributed by atoms with Crippen molar-refractivity contribution < 1.29 is 14.3 Å². The summed E-state index contributed by atoms with van der Waals surface area (Å²) in [6.45, 7) is 2.43. The van der Waals surface area contributed by atoms with Gasteiger partial charge in [-0.2, -0.15) is 0 Å². The van der Waals surface area contributed by atoms with E-state index >= 15 is 0 Å².